The number of nitrogens with one attached hydrogen (secondary N) is 2. The Morgan fingerprint density at radius 2 is 1.86 bits per heavy atom. The number of fused-ring (bicyclic) bond motifs is 2. The van der Waals surface area contributed by atoms with E-state index in [9.17, 15) is 18.0 Å². The van der Waals surface area contributed by atoms with Gasteiger partial charge >= 0.3 is 6.18 Å². The molecule has 0 aliphatic carbocycles. The van der Waals surface area contributed by atoms with Crippen LogP contribution in [0.2, 0.25) is 0 Å². The molecule has 1 aromatic carbocycles. The number of aromatic nitrogens is 3. The van der Waals surface area contributed by atoms with E-state index in [1.165, 1.54) is 0 Å². The third kappa shape index (κ3) is 5.37. The van der Waals surface area contributed by atoms with Gasteiger partial charge in [0.1, 0.15) is 0 Å². The van der Waals surface area contributed by atoms with Crippen molar-refractivity contribution < 1.29 is 23.1 Å². The predicted molar refractivity (Wildman–Crippen MR) is 131 cm³/mol. The zero-order valence-electron chi connectivity index (χ0n) is 18.3. The van der Waals surface area contributed by atoms with E-state index in [0.29, 0.717) is 12.1 Å². The van der Waals surface area contributed by atoms with E-state index < -0.39 is 11.9 Å². The van der Waals surface area contributed by atoms with Gasteiger partial charge in [-0.3, -0.25) is 14.8 Å². The molecule has 0 saturated heterocycles. The zero-order valence-corrected chi connectivity index (χ0v) is 19.9. The lowest BCUT2D eigenvalue weighted by Gasteiger charge is -2.06. The number of alkyl halides is 3. The molecule has 6 nitrogen and oxygen atoms in total. The fraction of sp³-hybridized carbons (Fsp3) is 0.160. The van der Waals surface area contributed by atoms with Crippen molar-refractivity contribution >= 4 is 32.7 Å². The van der Waals surface area contributed by atoms with Gasteiger partial charge in [0.2, 0.25) is 0 Å². The Balaban J connectivity index is 0.000000364. The van der Waals surface area contributed by atoms with Crippen LogP contribution in [0.3, 0.4) is 0 Å². The van der Waals surface area contributed by atoms with E-state index in [0.717, 1.165) is 56.4 Å². The number of halogens is 4. The molecular formula is C25H20BrF3N4O2. The van der Waals surface area contributed by atoms with E-state index in [1.54, 1.807) is 6.20 Å². The van der Waals surface area contributed by atoms with Gasteiger partial charge in [-0.05, 0) is 53.0 Å². The molecule has 35 heavy (non-hydrogen) atoms. The highest BCUT2D eigenvalue weighted by molar-refractivity contribution is 9.10. The molecular weight excluding hydrogens is 525 g/mol. The van der Waals surface area contributed by atoms with Gasteiger partial charge in [0, 0.05) is 41.1 Å². The molecule has 4 heterocycles. The number of amides is 1. The normalized spacial score (nSPS) is 13.3. The Bertz CT molecular complexity index is 1420. The third-order valence-electron chi connectivity index (χ3n) is 5.39. The van der Waals surface area contributed by atoms with Crippen molar-refractivity contribution in [1.29, 1.82) is 0 Å². The maximum atomic E-state index is 12.4. The first-order valence-electron chi connectivity index (χ1n) is 10.6. The molecule has 1 amide bonds. The van der Waals surface area contributed by atoms with Crippen LogP contribution in [-0.4, -0.2) is 38.7 Å². The smallest absolute Gasteiger partial charge is 0.448 e. The molecule has 1 aliphatic heterocycles. The van der Waals surface area contributed by atoms with Gasteiger partial charge in [-0.15, -0.1) is 0 Å². The summed E-state index contributed by atoms with van der Waals surface area (Å²) in [4.78, 5) is 24.9. The molecule has 0 unspecified atom stereocenters. The van der Waals surface area contributed by atoms with Gasteiger partial charge < -0.3 is 15.4 Å². The number of aryl methyl sites for hydroxylation is 1. The number of aliphatic hydroxyl groups is 1. The second-order valence-corrected chi connectivity index (χ2v) is 8.61. The highest BCUT2D eigenvalue weighted by Crippen LogP contribution is 2.35. The first-order valence-corrected chi connectivity index (χ1v) is 11.4. The molecule has 0 atom stereocenters. The van der Waals surface area contributed by atoms with Crippen LogP contribution in [0, 0.1) is 0 Å². The van der Waals surface area contributed by atoms with Crippen LogP contribution in [-0.2, 0) is 6.42 Å². The topological polar surface area (TPSA) is 90.9 Å². The summed E-state index contributed by atoms with van der Waals surface area (Å²) >= 11 is 3.64. The minimum Gasteiger partial charge on any atom is -0.505 e. The lowest BCUT2D eigenvalue weighted by atomic mass is 10.1. The number of carbonyl (C=O) groups is 1. The SMILES string of the molecule is C=C(O)C(F)(F)F.O=C1NCCCc2[nH]c(-c3ccnc(-c4cnc5ccccc5c4)c3)c(Br)c21. The van der Waals surface area contributed by atoms with E-state index in [1.807, 2.05) is 42.6 Å². The van der Waals surface area contributed by atoms with Gasteiger partial charge in [-0.25, -0.2) is 0 Å². The van der Waals surface area contributed by atoms with Crippen molar-refractivity contribution in [3.8, 4) is 22.5 Å². The van der Waals surface area contributed by atoms with Crippen LogP contribution in [0.25, 0.3) is 33.4 Å². The standard InChI is InChI=1S/C22H17BrN4O.C3H3F3O/c23-20-19-17(6-3-8-25-22(19)28)27-21(20)14-7-9-24-18(11-14)15-10-13-4-1-2-5-16(13)26-12-15;1-2(7)3(4,5)6/h1-2,4-5,7,9-12,27H,3,6,8H2,(H,25,28);7H,1H2. The quantitative estimate of drug-likeness (QED) is 0.256. The Morgan fingerprint density at radius 3 is 2.60 bits per heavy atom. The number of aliphatic hydroxyl groups excluding tert-OH is 1. The molecule has 0 radical (unpaired) electrons. The van der Waals surface area contributed by atoms with Gasteiger partial charge in [0.05, 0.1) is 26.9 Å². The Hall–Kier alpha value is -3.66. The summed E-state index contributed by atoms with van der Waals surface area (Å²) in [6, 6.07) is 14.1. The minimum absolute atomic E-state index is 0.0325. The number of hydrogen-bond donors (Lipinski definition) is 3. The first kappa shape index (κ1) is 24.5. The molecule has 1 aliphatic rings. The lowest BCUT2D eigenvalue weighted by molar-refractivity contribution is -0.119. The third-order valence-corrected chi connectivity index (χ3v) is 6.19. The fourth-order valence-electron chi connectivity index (χ4n) is 3.66. The van der Waals surface area contributed by atoms with Crippen LogP contribution < -0.4 is 5.32 Å². The van der Waals surface area contributed by atoms with E-state index in [-0.39, 0.29) is 5.91 Å². The first-order chi connectivity index (χ1) is 16.6. The van der Waals surface area contributed by atoms with Crippen molar-refractivity contribution in [2.45, 2.75) is 19.0 Å². The zero-order chi connectivity index (χ0) is 25.2. The van der Waals surface area contributed by atoms with Crippen LogP contribution in [0.5, 0.6) is 0 Å². The average molecular weight is 545 g/mol. The molecule has 180 valence electrons. The van der Waals surface area contributed by atoms with Gasteiger partial charge in [0.25, 0.3) is 5.91 Å². The lowest BCUT2D eigenvalue weighted by Crippen LogP contribution is -2.22. The summed E-state index contributed by atoms with van der Waals surface area (Å²) in [6.45, 7) is 2.96. The predicted octanol–water partition coefficient (Wildman–Crippen LogP) is 6.35. The van der Waals surface area contributed by atoms with Gasteiger partial charge in [0.15, 0.2) is 5.76 Å². The van der Waals surface area contributed by atoms with Crippen molar-refractivity contribution in [2.75, 3.05) is 6.54 Å². The van der Waals surface area contributed by atoms with Crippen LogP contribution >= 0.6 is 15.9 Å². The molecule has 4 aromatic rings. The summed E-state index contributed by atoms with van der Waals surface area (Å²) in [5.41, 5.74) is 6.33. The maximum Gasteiger partial charge on any atom is 0.448 e. The summed E-state index contributed by atoms with van der Waals surface area (Å²) in [7, 11) is 0. The second kappa shape index (κ2) is 9.91. The van der Waals surface area contributed by atoms with Crippen LogP contribution in [0.1, 0.15) is 22.5 Å². The molecule has 3 aromatic heterocycles. The monoisotopic (exact) mass is 544 g/mol. The van der Waals surface area contributed by atoms with Crippen molar-refractivity contribution in [1.82, 2.24) is 20.3 Å². The molecule has 3 N–H and O–H groups in total. The number of carbonyl (C=O) groups excluding carboxylic acids is 1. The number of nitrogens with zero attached hydrogens (tertiary/aromatic N) is 2. The molecule has 0 fully saturated rings. The van der Waals surface area contributed by atoms with Crippen molar-refractivity contribution in [3.63, 3.8) is 0 Å². The van der Waals surface area contributed by atoms with Gasteiger partial charge in [-0.2, -0.15) is 13.2 Å². The number of para-hydroxylation sites is 1. The van der Waals surface area contributed by atoms with Crippen molar-refractivity contribution in [3.05, 3.63) is 82.9 Å². The average Bonchev–Trinajstić information content (AvgIpc) is 3.05. The second-order valence-electron chi connectivity index (χ2n) is 7.82. The number of hydrogen-bond acceptors (Lipinski definition) is 4. The fourth-order valence-corrected chi connectivity index (χ4v) is 4.41. The summed E-state index contributed by atoms with van der Waals surface area (Å²) in [5.74, 6) is -1.79. The maximum absolute atomic E-state index is 12.4. The summed E-state index contributed by atoms with van der Waals surface area (Å²) in [6.07, 6.45) is 0.772. The van der Waals surface area contributed by atoms with E-state index >= 15 is 0 Å². The number of rotatable bonds is 2. The largest absolute Gasteiger partial charge is 0.505 e. The minimum atomic E-state index is -4.64. The molecule has 10 heteroatoms. The van der Waals surface area contributed by atoms with Gasteiger partial charge in [-0.1, -0.05) is 24.8 Å². The molecule has 5 rings (SSSR count). The number of H-pyrrole nitrogens is 1. The highest BCUT2D eigenvalue weighted by atomic mass is 79.9. The van der Waals surface area contributed by atoms with Crippen LogP contribution in [0.4, 0.5) is 13.2 Å². The summed E-state index contributed by atoms with van der Waals surface area (Å²) in [5, 5.41) is 11.6. The highest BCUT2D eigenvalue weighted by Gasteiger charge is 2.31. The Labute approximate surface area is 207 Å². The number of aromatic amines is 1. The number of benzene rings is 1. The number of allylic oxidation sites excluding steroid dienone is 1. The number of pyridine rings is 2. The Morgan fingerprint density at radius 1 is 1.11 bits per heavy atom. The van der Waals surface area contributed by atoms with Crippen molar-refractivity contribution in [2.24, 2.45) is 0 Å². The van der Waals surface area contributed by atoms with E-state index in [2.05, 4.69) is 48.8 Å². The van der Waals surface area contributed by atoms with Crippen LogP contribution in [0.15, 0.2) is 71.7 Å². The molecule has 0 spiro atoms. The molecule has 0 bridgehead atoms. The summed E-state index contributed by atoms with van der Waals surface area (Å²) < 4.78 is 33.3. The van der Waals surface area contributed by atoms with E-state index in [4.69, 9.17) is 5.11 Å². The Kier molecular flexibility index (Phi) is 6.93. The molecule has 0 saturated carbocycles.